The SMILES string of the molecule is CCCCS(=O)(=O)N[C@@H](C)C(=O)OCC(=O)Nc1ccc(C(=O)OC)cc1. The van der Waals surface area contributed by atoms with Crippen LogP contribution in [0.5, 0.6) is 0 Å². The molecule has 10 heteroatoms. The number of rotatable bonds is 10. The maximum absolute atomic E-state index is 11.8. The van der Waals surface area contributed by atoms with Crippen LogP contribution in [0.3, 0.4) is 0 Å². The number of nitrogens with one attached hydrogen (secondary N) is 2. The first-order chi connectivity index (χ1) is 12.7. The zero-order valence-corrected chi connectivity index (χ0v) is 16.3. The molecule has 0 aromatic heterocycles. The zero-order chi connectivity index (χ0) is 20.4. The fourth-order valence-corrected chi connectivity index (χ4v) is 3.40. The van der Waals surface area contributed by atoms with Gasteiger partial charge in [-0.25, -0.2) is 17.9 Å². The number of carbonyl (C=O) groups excluding carboxylic acids is 3. The molecule has 0 saturated heterocycles. The third kappa shape index (κ3) is 8.18. The van der Waals surface area contributed by atoms with E-state index in [1.165, 1.54) is 38.3 Å². The Labute approximate surface area is 158 Å². The van der Waals surface area contributed by atoms with E-state index >= 15 is 0 Å². The van der Waals surface area contributed by atoms with Crippen molar-refractivity contribution in [3.05, 3.63) is 29.8 Å². The van der Waals surface area contributed by atoms with E-state index < -0.39 is 40.5 Å². The van der Waals surface area contributed by atoms with Gasteiger partial charge in [-0.3, -0.25) is 9.59 Å². The Morgan fingerprint density at radius 2 is 1.78 bits per heavy atom. The molecule has 0 aliphatic carbocycles. The van der Waals surface area contributed by atoms with E-state index in [9.17, 15) is 22.8 Å². The molecule has 9 nitrogen and oxygen atoms in total. The number of carbonyl (C=O) groups is 3. The summed E-state index contributed by atoms with van der Waals surface area (Å²) >= 11 is 0. The standard InChI is InChI=1S/C17H24N2O7S/c1-4-5-10-27(23,24)19-12(2)16(21)26-11-15(20)18-14-8-6-13(7-9-14)17(22)25-3/h6-9,12,19H,4-5,10-11H2,1-3H3,(H,18,20)/t12-/m0/s1. The van der Waals surface area contributed by atoms with Crippen molar-refractivity contribution in [1.29, 1.82) is 0 Å². The molecule has 1 rings (SSSR count). The van der Waals surface area contributed by atoms with E-state index in [4.69, 9.17) is 4.74 Å². The molecule has 0 bridgehead atoms. The lowest BCUT2D eigenvalue weighted by Gasteiger charge is -2.13. The highest BCUT2D eigenvalue weighted by Crippen LogP contribution is 2.10. The predicted octanol–water partition coefficient (Wildman–Crippen LogP) is 1.06. The minimum atomic E-state index is -3.58. The van der Waals surface area contributed by atoms with E-state index in [1.54, 1.807) is 0 Å². The molecule has 0 radical (unpaired) electrons. The van der Waals surface area contributed by atoms with Crippen LogP contribution in [0, 0.1) is 0 Å². The molecule has 0 heterocycles. The number of unbranched alkanes of at least 4 members (excludes halogenated alkanes) is 1. The van der Waals surface area contributed by atoms with Gasteiger partial charge in [-0.2, -0.15) is 0 Å². The molecule has 2 N–H and O–H groups in total. The lowest BCUT2D eigenvalue weighted by atomic mass is 10.2. The number of amides is 1. The first-order valence-corrected chi connectivity index (χ1v) is 9.98. The van der Waals surface area contributed by atoms with Crippen molar-refractivity contribution in [2.45, 2.75) is 32.7 Å². The molecule has 0 spiro atoms. The van der Waals surface area contributed by atoms with Crippen LogP contribution in [0.4, 0.5) is 5.69 Å². The lowest BCUT2D eigenvalue weighted by Crippen LogP contribution is -2.41. The van der Waals surface area contributed by atoms with Crippen LogP contribution in [-0.2, 0) is 29.1 Å². The van der Waals surface area contributed by atoms with Crippen LogP contribution in [0.2, 0.25) is 0 Å². The van der Waals surface area contributed by atoms with Crippen LogP contribution in [-0.4, -0.2) is 51.8 Å². The van der Waals surface area contributed by atoms with Gasteiger partial charge in [0, 0.05) is 5.69 Å². The second-order valence-electron chi connectivity index (χ2n) is 5.74. The molecule has 150 valence electrons. The highest BCUT2D eigenvalue weighted by molar-refractivity contribution is 7.89. The van der Waals surface area contributed by atoms with Gasteiger partial charge in [-0.1, -0.05) is 13.3 Å². The summed E-state index contributed by atoms with van der Waals surface area (Å²) in [7, 11) is -2.32. The molecule has 0 saturated carbocycles. The van der Waals surface area contributed by atoms with Gasteiger partial charge in [-0.05, 0) is 37.6 Å². The Hall–Kier alpha value is -2.46. The van der Waals surface area contributed by atoms with Gasteiger partial charge in [0.1, 0.15) is 6.04 Å². The molecule has 0 aliphatic heterocycles. The second-order valence-corrected chi connectivity index (χ2v) is 7.61. The summed E-state index contributed by atoms with van der Waals surface area (Å²) < 4.78 is 35.1. The number of anilines is 1. The molecule has 27 heavy (non-hydrogen) atoms. The molecule has 0 aliphatic rings. The van der Waals surface area contributed by atoms with Gasteiger partial charge in [0.05, 0.1) is 18.4 Å². The highest BCUT2D eigenvalue weighted by Gasteiger charge is 2.21. The molecule has 0 fully saturated rings. The van der Waals surface area contributed by atoms with Crippen molar-refractivity contribution in [2.24, 2.45) is 0 Å². The second kappa shape index (κ2) is 10.6. The third-order valence-corrected chi connectivity index (χ3v) is 4.95. The molecule has 1 atom stereocenters. The number of methoxy groups -OCH3 is 1. The minimum absolute atomic E-state index is 0.0802. The summed E-state index contributed by atoms with van der Waals surface area (Å²) in [6.45, 7) is 2.63. The van der Waals surface area contributed by atoms with Crippen molar-refractivity contribution < 1.29 is 32.3 Å². The van der Waals surface area contributed by atoms with Gasteiger partial charge in [-0.15, -0.1) is 0 Å². The van der Waals surface area contributed by atoms with E-state index in [0.29, 0.717) is 24.1 Å². The van der Waals surface area contributed by atoms with Crippen molar-refractivity contribution in [1.82, 2.24) is 4.72 Å². The Morgan fingerprint density at radius 1 is 1.15 bits per heavy atom. The maximum Gasteiger partial charge on any atom is 0.337 e. The third-order valence-electron chi connectivity index (χ3n) is 3.41. The average molecular weight is 400 g/mol. The van der Waals surface area contributed by atoms with Crippen LogP contribution in [0.1, 0.15) is 37.0 Å². The van der Waals surface area contributed by atoms with Crippen LogP contribution in [0.15, 0.2) is 24.3 Å². The summed E-state index contributed by atoms with van der Waals surface area (Å²) in [5, 5.41) is 2.49. The normalized spacial score (nSPS) is 12.1. The van der Waals surface area contributed by atoms with E-state index in [2.05, 4.69) is 14.8 Å². The summed E-state index contributed by atoms with van der Waals surface area (Å²) in [6, 6.07) is 4.84. The molecule has 0 unspecified atom stereocenters. The molecular weight excluding hydrogens is 376 g/mol. The van der Waals surface area contributed by atoms with Crippen LogP contribution >= 0.6 is 0 Å². The first-order valence-electron chi connectivity index (χ1n) is 8.33. The van der Waals surface area contributed by atoms with Crippen LogP contribution in [0.25, 0.3) is 0 Å². The number of benzene rings is 1. The number of esters is 2. The maximum atomic E-state index is 11.8. The summed E-state index contributed by atoms with van der Waals surface area (Å²) in [6.07, 6.45) is 1.19. The number of sulfonamides is 1. The Kier molecular flexibility index (Phi) is 8.89. The minimum Gasteiger partial charge on any atom is -0.465 e. The first kappa shape index (κ1) is 22.6. The fourth-order valence-electron chi connectivity index (χ4n) is 1.98. The molecule has 1 amide bonds. The van der Waals surface area contributed by atoms with E-state index in [-0.39, 0.29) is 5.75 Å². The smallest absolute Gasteiger partial charge is 0.337 e. The predicted molar refractivity (Wildman–Crippen MR) is 98.7 cm³/mol. The van der Waals surface area contributed by atoms with Gasteiger partial charge < -0.3 is 14.8 Å². The fraction of sp³-hybridized carbons (Fsp3) is 0.471. The number of ether oxygens (including phenoxy) is 2. The Morgan fingerprint density at radius 3 is 2.33 bits per heavy atom. The molecular formula is C17H24N2O7S. The van der Waals surface area contributed by atoms with Crippen molar-refractivity contribution >= 4 is 33.6 Å². The lowest BCUT2D eigenvalue weighted by molar-refractivity contribution is -0.148. The summed E-state index contributed by atoms with van der Waals surface area (Å²) in [4.78, 5) is 35.0. The quantitative estimate of drug-likeness (QED) is 0.562. The van der Waals surface area contributed by atoms with Gasteiger partial charge in [0.15, 0.2) is 6.61 Å². The van der Waals surface area contributed by atoms with Gasteiger partial charge in [0.2, 0.25) is 10.0 Å². The van der Waals surface area contributed by atoms with E-state index in [1.807, 2.05) is 6.92 Å². The topological polar surface area (TPSA) is 128 Å². The molecule has 1 aromatic rings. The highest BCUT2D eigenvalue weighted by atomic mass is 32.2. The van der Waals surface area contributed by atoms with E-state index in [0.717, 1.165) is 0 Å². The van der Waals surface area contributed by atoms with Crippen molar-refractivity contribution in [3.63, 3.8) is 0 Å². The van der Waals surface area contributed by atoms with Crippen molar-refractivity contribution in [2.75, 3.05) is 24.8 Å². The van der Waals surface area contributed by atoms with Gasteiger partial charge >= 0.3 is 11.9 Å². The average Bonchev–Trinajstić information content (AvgIpc) is 2.64. The summed E-state index contributed by atoms with van der Waals surface area (Å²) in [5.74, 6) is -2.04. The van der Waals surface area contributed by atoms with Crippen LogP contribution < -0.4 is 10.0 Å². The number of hydrogen-bond donors (Lipinski definition) is 2. The van der Waals surface area contributed by atoms with Crippen molar-refractivity contribution in [3.8, 4) is 0 Å². The Bertz CT molecular complexity index is 760. The number of hydrogen-bond acceptors (Lipinski definition) is 7. The monoisotopic (exact) mass is 400 g/mol. The summed E-state index contributed by atoms with van der Waals surface area (Å²) in [5.41, 5.74) is 0.725. The Balaban J connectivity index is 2.47. The molecule has 1 aromatic carbocycles. The zero-order valence-electron chi connectivity index (χ0n) is 15.5. The van der Waals surface area contributed by atoms with Gasteiger partial charge in [0.25, 0.3) is 5.91 Å². The largest absolute Gasteiger partial charge is 0.465 e.